The summed E-state index contributed by atoms with van der Waals surface area (Å²) in [6.45, 7) is 0. The van der Waals surface area contributed by atoms with E-state index in [2.05, 4.69) is 9.47 Å². The van der Waals surface area contributed by atoms with Gasteiger partial charge in [-0.15, -0.1) is 5.26 Å². The highest BCUT2D eigenvalue weighted by atomic mass is 16.5. The van der Waals surface area contributed by atoms with Crippen LogP contribution in [0.3, 0.4) is 0 Å². The Bertz CT molecular complexity index is 710. The van der Waals surface area contributed by atoms with Crippen LogP contribution in [0.2, 0.25) is 0 Å². The second-order valence-corrected chi connectivity index (χ2v) is 3.33. The van der Waals surface area contributed by atoms with E-state index in [1.165, 1.54) is 37.6 Å². The first-order valence-corrected chi connectivity index (χ1v) is 4.88. The minimum Gasteiger partial charge on any atom is -0.465 e. The van der Waals surface area contributed by atoms with Crippen molar-refractivity contribution in [3.63, 3.8) is 0 Å². The fourth-order valence-electron chi connectivity index (χ4n) is 1.50. The lowest BCUT2D eigenvalue weighted by Gasteiger charge is -2.05. The molecule has 0 amide bonds. The summed E-state index contributed by atoms with van der Waals surface area (Å²) in [6.07, 6.45) is 1.46. The number of hydrogen-bond donors (Lipinski definition) is 0. The van der Waals surface area contributed by atoms with Crippen LogP contribution in [0.4, 0.5) is 0 Å². The van der Waals surface area contributed by atoms with Crippen LogP contribution in [0.5, 0.6) is 5.75 Å². The van der Waals surface area contributed by atoms with E-state index in [1.807, 2.05) is 0 Å². The molecule has 2 aromatic rings. The lowest BCUT2D eigenvalue weighted by atomic mass is 10.1. The molecule has 0 aliphatic heterocycles. The molecule has 0 bridgehead atoms. The summed E-state index contributed by atoms with van der Waals surface area (Å²) in [5.74, 6) is -0.667. The minimum atomic E-state index is -0.645. The molecule has 1 aromatic heterocycles. The molecular weight excluding hydrogens is 238 g/mol. The van der Waals surface area contributed by atoms with E-state index >= 15 is 0 Å². The smallest absolute Gasteiger partial charge is 0.341 e. The summed E-state index contributed by atoms with van der Waals surface area (Å²) in [5.41, 5.74) is -0.225. The molecule has 0 spiro atoms. The highest BCUT2D eigenvalue weighted by Gasteiger charge is 2.16. The maximum atomic E-state index is 11.5. The van der Waals surface area contributed by atoms with Crippen molar-refractivity contribution in [2.45, 2.75) is 0 Å². The van der Waals surface area contributed by atoms with Gasteiger partial charge in [-0.25, -0.2) is 9.59 Å². The normalized spacial score (nSPS) is 9.78. The van der Waals surface area contributed by atoms with Gasteiger partial charge >= 0.3 is 11.6 Å². The number of rotatable bonds is 2. The second kappa shape index (κ2) is 4.59. The Labute approximate surface area is 101 Å². The van der Waals surface area contributed by atoms with Gasteiger partial charge in [-0.05, 0) is 12.1 Å². The van der Waals surface area contributed by atoms with Gasteiger partial charge < -0.3 is 13.9 Å². The SMILES string of the molecule is COC(=O)c1cc2ccc(=O)oc2cc1OC#N. The predicted molar refractivity (Wildman–Crippen MR) is 60.1 cm³/mol. The summed E-state index contributed by atoms with van der Waals surface area (Å²) < 4.78 is 14.1. The maximum Gasteiger partial charge on any atom is 0.341 e. The Morgan fingerprint density at radius 1 is 1.39 bits per heavy atom. The van der Waals surface area contributed by atoms with Gasteiger partial charge in [0.25, 0.3) is 6.26 Å². The van der Waals surface area contributed by atoms with Crippen molar-refractivity contribution in [1.82, 2.24) is 0 Å². The average Bonchev–Trinajstić information content (AvgIpc) is 2.37. The zero-order chi connectivity index (χ0) is 13.1. The molecule has 1 heterocycles. The number of hydrogen-bond acceptors (Lipinski definition) is 6. The molecule has 0 N–H and O–H groups in total. The molecule has 0 unspecified atom stereocenters. The zero-order valence-corrected chi connectivity index (χ0v) is 9.30. The van der Waals surface area contributed by atoms with Crippen LogP contribution >= 0.6 is 0 Å². The molecule has 0 radical (unpaired) electrons. The lowest BCUT2D eigenvalue weighted by molar-refractivity contribution is 0.0598. The summed E-state index contributed by atoms with van der Waals surface area (Å²) in [4.78, 5) is 22.6. The number of esters is 1. The highest BCUT2D eigenvalue weighted by molar-refractivity contribution is 5.97. The molecule has 0 aliphatic rings. The quantitative estimate of drug-likeness (QED) is 0.451. The predicted octanol–water partition coefficient (Wildman–Crippen LogP) is 1.44. The van der Waals surface area contributed by atoms with Gasteiger partial charge in [-0.2, -0.15) is 0 Å². The van der Waals surface area contributed by atoms with Crippen LogP contribution < -0.4 is 10.4 Å². The topological polar surface area (TPSA) is 89.5 Å². The zero-order valence-electron chi connectivity index (χ0n) is 9.30. The molecule has 0 aliphatic carbocycles. The third kappa shape index (κ3) is 2.01. The summed E-state index contributed by atoms with van der Waals surface area (Å²) in [7, 11) is 1.22. The van der Waals surface area contributed by atoms with Gasteiger partial charge in [0.1, 0.15) is 11.1 Å². The second-order valence-electron chi connectivity index (χ2n) is 3.33. The van der Waals surface area contributed by atoms with E-state index in [1.54, 1.807) is 0 Å². The van der Waals surface area contributed by atoms with Gasteiger partial charge in [0.2, 0.25) is 0 Å². The fraction of sp³-hybridized carbons (Fsp3) is 0.0833. The number of fused-ring (bicyclic) bond motifs is 1. The summed E-state index contributed by atoms with van der Waals surface area (Å²) >= 11 is 0. The van der Waals surface area contributed by atoms with E-state index in [4.69, 9.17) is 9.68 Å². The number of carbonyl (C=O) groups is 1. The molecule has 90 valence electrons. The molecule has 18 heavy (non-hydrogen) atoms. The van der Waals surface area contributed by atoms with E-state index in [0.29, 0.717) is 5.39 Å². The molecule has 0 saturated heterocycles. The Balaban J connectivity index is 2.72. The monoisotopic (exact) mass is 245 g/mol. The van der Waals surface area contributed by atoms with Gasteiger partial charge in [0.15, 0.2) is 5.75 Å². The molecule has 1 aromatic carbocycles. The molecule has 0 atom stereocenters. The Kier molecular flexibility index (Phi) is 2.98. The minimum absolute atomic E-state index is 0.0220. The molecule has 6 heteroatoms. The largest absolute Gasteiger partial charge is 0.465 e. The molecule has 6 nitrogen and oxygen atoms in total. The van der Waals surface area contributed by atoms with E-state index < -0.39 is 11.6 Å². The summed E-state index contributed by atoms with van der Waals surface area (Å²) in [5, 5.41) is 9.04. The fourth-order valence-corrected chi connectivity index (χ4v) is 1.50. The van der Waals surface area contributed by atoms with Crippen LogP contribution in [-0.4, -0.2) is 13.1 Å². The number of methoxy groups -OCH3 is 1. The Hall–Kier alpha value is -2.81. The molecular formula is C12H7NO5. The van der Waals surface area contributed by atoms with Crippen molar-refractivity contribution >= 4 is 16.9 Å². The van der Waals surface area contributed by atoms with Crippen molar-refractivity contribution < 1.29 is 18.7 Å². The van der Waals surface area contributed by atoms with Crippen LogP contribution in [0.1, 0.15) is 10.4 Å². The molecule has 0 fully saturated rings. The average molecular weight is 245 g/mol. The first kappa shape index (κ1) is 11.7. The van der Waals surface area contributed by atoms with Gasteiger partial charge in [-0.1, -0.05) is 0 Å². The Morgan fingerprint density at radius 2 is 2.17 bits per heavy atom. The maximum absolute atomic E-state index is 11.5. The van der Waals surface area contributed by atoms with Gasteiger partial charge in [0.05, 0.1) is 7.11 Å². The van der Waals surface area contributed by atoms with Crippen molar-refractivity contribution in [1.29, 1.82) is 5.26 Å². The third-order valence-corrected chi connectivity index (χ3v) is 2.28. The van der Waals surface area contributed by atoms with Crippen molar-refractivity contribution in [2.75, 3.05) is 7.11 Å². The summed E-state index contributed by atoms with van der Waals surface area (Å²) in [6, 6.07) is 5.46. The van der Waals surface area contributed by atoms with Gasteiger partial charge in [0, 0.05) is 17.5 Å². The number of ether oxygens (including phenoxy) is 2. The van der Waals surface area contributed by atoms with Crippen LogP contribution in [0.25, 0.3) is 11.0 Å². The lowest BCUT2D eigenvalue weighted by Crippen LogP contribution is -2.04. The first-order chi connectivity index (χ1) is 8.65. The van der Waals surface area contributed by atoms with E-state index in [-0.39, 0.29) is 16.9 Å². The molecule has 0 saturated carbocycles. The van der Waals surface area contributed by atoms with Crippen molar-refractivity contribution in [2.24, 2.45) is 0 Å². The highest BCUT2D eigenvalue weighted by Crippen LogP contribution is 2.25. The van der Waals surface area contributed by atoms with Crippen LogP contribution in [-0.2, 0) is 4.74 Å². The number of nitrogens with zero attached hydrogens (tertiary/aromatic N) is 1. The van der Waals surface area contributed by atoms with Gasteiger partial charge in [-0.3, -0.25) is 0 Å². The van der Waals surface area contributed by atoms with E-state index in [9.17, 15) is 9.59 Å². The number of carbonyl (C=O) groups excluding carboxylic acids is 1. The van der Waals surface area contributed by atoms with E-state index in [0.717, 1.165) is 0 Å². The number of nitriles is 1. The first-order valence-electron chi connectivity index (χ1n) is 4.88. The Morgan fingerprint density at radius 3 is 2.83 bits per heavy atom. The van der Waals surface area contributed by atoms with Crippen molar-refractivity contribution in [3.8, 4) is 12.0 Å². The molecule has 2 rings (SSSR count). The number of benzene rings is 1. The van der Waals surface area contributed by atoms with Crippen LogP contribution in [0, 0.1) is 11.5 Å². The van der Waals surface area contributed by atoms with Crippen molar-refractivity contribution in [3.05, 3.63) is 40.2 Å². The standard InChI is InChI=1S/C12H7NO5/c1-16-12(15)8-4-7-2-3-11(14)18-9(7)5-10(8)17-6-13/h2-5H,1H3. The van der Waals surface area contributed by atoms with Crippen LogP contribution in [0.15, 0.2) is 33.5 Å². The third-order valence-electron chi connectivity index (χ3n) is 2.28.